The number of aliphatic carboxylic acids is 1. The van der Waals surface area contributed by atoms with Gasteiger partial charge in [0.05, 0.1) is 11.8 Å². The molecule has 0 saturated heterocycles. The molecule has 27 heavy (non-hydrogen) atoms. The van der Waals surface area contributed by atoms with E-state index in [9.17, 15) is 27.9 Å². The fourth-order valence-electron chi connectivity index (χ4n) is 3.92. The first-order valence-electron chi connectivity index (χ1n) is 8.63. The van der Waals surface area contributed by atoms with Crippen molar-refractivity contribution in [3.05, 3.63) is 41.5 Å². The summed E-state index contributed by atoms with van der Waals surface area (Å²) >= 11 is 0. The van der Waals surface area contributed by atoms with Gasteiger partial charge in [-0.25, -0.2) is 0 Å². The molecule has 1 fully saturated rings. The summed E-state index contributed by atoms with van der Waals surface area (Å²) < 4.78 is 42.2. The number of aryl methyl sites for hydroxylation is 1. The molecule has 1 amide bonds. The van der Waals surface area contributed by atoms with Crippen LogP contribution in [0, 0.1) is 30.6 Å². The van der Waals surface area contributed by atoms with Gasteiger partial charge in [0.15, 0.2) is 6.61 Å². The molecule has 2 bridgehead atoms. The molecule has 0 radical (unpaired) electrons. The van der Waals surface area contributed by atoms with E-state index in [-0.39, 0.29) is 24.1 Å². The summed E-state index contributed by atoms with van der Waals surface area (Å²) in [6.07, 6.45) is -0.109. The van der Waals surface area contributed by atoms with Crippen LogP contribution in [0.15, 0.2) is 30.4 Å². The summed E-state index contributed by atoms with van der Waals surface area (Å²) in [7, 11) is 0. The van der Waals surface area contributed by atoms with E-state index in [0.717, 1.165) is 5.56 Å². The number of allylic oxidation sites excluding steroid dienone is 2. The number of benzene rings is 1. The number of carbonyl (C=O) groups excluding carboxylic acids is 1. The number of carboxylic acid groups (broad SMARTS) is 1. The van der Waals surface area contributed by atoms with E-state index in [4.69, 9.17) is 4.74 Å². The Hall–Kier alpha value is -2.51. The highest BCUT2D eigenvalue weighted by Crippen LogP contribution is 2.48. The van der Waals surface area contributed by atoms with Crippen molar-refractivity contribution in [1.29, 1.82) is 0 Å². The van der Waals surface area contributed by atoms with Gasteiger partial charge in [-0.2, -0.15) is 13.2 Å². The van der Waals surface area contributed by atoms with Crippen molar-refractivity contribution < 1.29 is 32.6 Å². The van der Waals surface area contributed by atoms with Crippen molar-refractivity contribution in [2.24, 2.45) is 23.7 Å². The topological polar surface area (TPSA) is 75.6 Å². The number of halogens is 3. The molecule has 0 aliphatic heterocycles. The minimum Gasteiger partial charge on any atom is -0.484 e. The van der Waals surface area contributed by atoms with Crippen LogP contribution in [0.2, 0.25) is 0 Å². The number of hydrogen-bond acceptors (Lipinski definition) is 3. The Balaban J connectivity index is 1.68. The molecule has 4 unspecified atom stereocenters. The number of ether oxygens (including phenoxy) is 1. The Morgan fingerprint density at radius 3 is 2.52 bits per heavy atom. The lowest BCUT2D eigenvalue weighted by Crippen LogP contribution is -2.40. The lowest BCUT2D eigenvalue weighted by Gasteiger charge is -2.24. The van der Waals surface area contributed by atoms with E-state index in [2.05, 4.69) is 5.32 Å². The first kappa shape index (κ1) is 19.3. The standard InChI is InChI=1S/C19H20F3NO4/c1-10-2-3-13(14(6-10)27-9-19(20,21)22)8-23-17(24)15-11-4-5-12(7-11)16(15)18(25)26/h2-6,11-12,15-16H,7-9H2,1H3,(H,23,24)(H,25,26). The molecular weight excluding hydrogens is 363 g/mol. The van der Waals surface area contributed by atoms with Gasteiger partial charge < -0.3 is 15.2 Å². The molecule has 2 N–H and O–H groups in total. The molecule has 1 aromatic rings. The van der Waals surface area contributed by atoms with Gasteiger partial charge in [0.1, 0.15) is 5.75 Å². The zero-order valence-electron chi connectivity index (χ0n) is 14.6. The maximum Gasteiger partial charge on any atom is 0.422 e. The lowest BCUT2D eigenvalue weighted by atomic mass is 9.82. The molecule has 5 nitrogen and oxygen atoms in total. The molecule has 146 valence electrons. The molecule has 4 atom stereocenters. The number of fused-ring (bicyclic) bond motifs is 2. The van der Waals surface area contributed by atoms with Gasteiger partial charge >= 0.3 is 12.1 Å². The van der Waals surface area contributed by atoms with Crippen LogP contribution < -0.4 is 10.1 Å². The lowest BCUT2D eigenvalue weighted by molar-refractivity contribution is -0.153. The minimum absolute atomic E-state index is 0.0315. The van der Waals surface area contributed by atoms with Crippen molar-refractivity contribution in [3.8, 4) is 5.75 Å². The molecule has 0 spiro atoms. The van der Waals surface area contributed by atoms with Crippen molar-refractivity contribution in [1.82, 2.24) is 5.32 Å². The van der Waals surface area contributed by atoms with Crippen LogP contribution in [-0.2, 0) is 16.1 Å². The maximum absolute atomic E-state index is 12.6. The number of carbonyl (C=O) groups is 2. The van der Waals surface area contributed by atoms with Crippen molar-refractivity contribution in [2.45, 2.75) is 26.1 Å². The monoisotopic (exact) mass is 383 g/mol. The SMILES string of the molecule is Cc1ccc(CNC(=O)C2C3C=CC(C3)C2C(=O)O)c(OCC(F)(F)F)c1. The smallest absolute Gasteiger partial charge is 0.422 e. The van der Waals surface area contributed by atoms with Gasteiger partial charge in [0.25, 0.3) is 0 Å². The second kappa shape index (κ2) is 7.25. The highest BCUT2D eigenvalue weighted by Gasteiger charge is 2.51. The van der Waals surface area contributed by atoms with Crippen LogP contribution in [0.25, 0.3) is 0 Å². The average molecular weight is 383 g/mol. The Bertz CT molecular complexity index is 775. The Labute approximate surface area is 154 Å². The number of rotatable bonds is 6. The molecule has 0 heterocycles. The van der Waals surface area contributed by atoms with E-state index in [1.807, 2.05) is 12.2 Å². The van der Waals surface area contributed by atoms with Crippen LogP contribution in [0.3, 0.4) is 0 Å². The van der Waals surface area contributed by atoms with Gasteiger partial charge in [-0.05, 0) is 36.8 Å². The average Bonchev–Trinajstić information content (AvgIpc) is 3.19. The highest BCUT2D eigenvalue weighted by atomic mass is 19.4. The van der Waals surface area contributed by atoms with Crippen molar-refractivity contribution in [3.63, 3.8) is 0 Å². The fraction of sp³-hybridized carbons (Fsp3) is 0.474. The molecule has 1 aromatic carbocycles. The zero-order valence-corrected chi connectivity index (χ0v) is 14.6. The summed E-state index contributed by atoms with van der Waals surface area (Å²) in [6, 6.07) is 4.78. The summed E-state index contributed by atoms with van der Waals surface area (Å²) in [5.41, 5.74) is 1.13. The van der Waals surface area contributed by atoms with Crippen molar-refractivity contribution >= 4 is 11.9 Å². The van der Waals surface area contributed by atoms with Gasteiger partial charge in [0.2, 0.25) is 5.91 Å². The first-order chi connectivity index (χ1) is 12.7. The normalized spacial score (nSPS) is 26.2. The molecule has 2 aliphatic rings. The van der Waals surface area contributed by atoms with E-state index >= 15 is 0 Å². The zero-order chi connectivity index (χ0) is 19.8. The van der Waals surface area contributed by atoms with Gasteiger partial charge in [-0.1, -0.05) is 24.3 Å². The van der Waals surface area contributed by atoms with E-state index < -0.39 is 36.5 Å². The highest BCUT2D eigenvalue weighted by molar-refractivity contribution is 5.86. The third kappa shape index (κ3) is 4.26. The van der Waals surface area contributed by atoms with Crippen LogP contribution in [0.1, 0.15) is 17.5 Å². The summed E-state index contributed by atoms with van der Waals surface area (Å²) in [6.45, 7) is 0.272. The van der Waals surface area contributed by atoms with Crippen LogP contribution in [-0.4, -0.2) is 29.8 Å². The third-order valence-corrected chi connectivity index (χ3v) is 5.11. The van der Waals surface area contributed by atoms with Gasteiger partial charge in [-0.15, -0.1) is 0 Å². The third-order valence-electron chi connectivity index (χ3n) is 5.11. The van der Waals surface area contributed by atoms with Crippen LogP contribution >= 0.6 is 0 Å². The predicted molar refractivity (Wildman–Crippen MR) is 89.9 cm³/mol. The van der Waals surface area contributed by atoms with E-state index in [0.29, 0.717) is 12.0 Å². The maximum atomic E-state index is 12.6. The molecule has 2 aliphatic carbocycles. The second-order valence-electron chi connectivity index (χ2n) is 7.07. The number of carboxylic acids is 1. The number of nitrogens with one attached hydrogen (secondary N) is 1. The molecule has 1 saturated carbocycles. The fourth-order valence-corrected chi connectivity index (χ4v) is 3.92. The van der Waals surface area contributed by atoms with E-state index in [1.165, 1.54) is 6.07 Å². The Morgan fingerprint density at radius 1 is 1.22 bits per heavy atom. The first-order valence-corrected chi connectivity index (χ1v) is 8.63. The summed E-state index contributed by atoms with van der Waals surface area (Å²) in [5, 5.41) is 12.1. The largest absolute Gasteiger partial charge is 0.484 e. The summed E-state index contributed by atoms with van der Waals surface area (Å²) in [4.78, 5) is 24.1. The van der Waals surface area contributed by atoms with Gasteiger partial charge in [0, 0.05) is 12.1 Å². The molecule has 8 heteroatoms. The minimum atomic E-state index is -4.46. The Kier molecular flexibility index (Phi) is 5.17. The quantitative estimate of drug-likeness (QED) is 0.741. The Morgan fingerprint density at radius 2 is 1.89 bits per heavy atom. The second-order valence-corrected chi connectivity index (χ2v) is 7.07. The number of hydrogen-bond donors (Lipinski definition) is 2. The van der Waals surface area contributed by atoms with Crippen LogP contribution in [0.5, 0.6) is 5.75 Å². The summed E-state index contributed by atoms with van der Waals surface area (Å²) in [5.74, 6) is -3.04. The van der Waals surface area contributed by atoms with E-state index in [1.54, 1.807) is 19.1 Å². The van der Waals surface area contributed by atoms with Crippen molar-refractivity contribution in [2.75, 3.05) is 6.61 Å². The van der Waals surface area contributed by atoms with Crippen LogP contribution in [0.4, 0.5) is 13.2 Å². The van der Waals surface area contributed by atoms with Gasteiger partial charge in [-0.3, -0.25) is 9.59 Å². The number of alkyl halides is 3. The molecule has 0 aromatic heterocycles. The number of amides is 1. The predicted octanol–water partition coefficient (Wildman–Crippen LogP) is 3.08. The molecular formula is C19H20F3NO4. The molecule has 3 rings (SSSR count).